The van der Waals surface area contributed by atoms with Crippen LogP contribution in [-0.4, -0.2) is 11.4 Å². The van der Waals surface area contributed by atoms with Gasteiger partial charge in [-0.15, -0.1) is 0 Å². The molecule has 0 atom stereocenters. The van der Waals surface area contributed by atoms with Crippen molar-refractivity contribution in [2.45, 2.75) is 317 Å². The van der Waals surface area contributed by atoms with Gasteiger partial charge in [-0.2, -0.15) is 0 Å². The predicted octanol–water partition coefficient (Wildman–Crippen LogP) is 23.6. The van der Waals surface area contributed by atoms with E-state index in [1.54, 1.807) is 0 Å². The van der Waals surface area contributed by atoms with Crippen LogP contribution in [0.5, 0.6) is 0 Å². The van der Waals surface area contributed by atoms with Gasteiger partial charge in [-0.1, -0.05) is 300 Å². The molecule has 0 heterocycles. The van der Waals surface area contributed by atoms with E-state index in [2.05, 4.69) is 101 Å². The molecule has 2 nitrogen and oxygen atoms in total. The first-order valence-electron chi connectivity index (χ1n) is 30.8. The van der Waals surface area contributed by atoms with Gasteiger partial charge in [0.15, 0.2) is 0 Å². The molecule has 69 heavy (non-hydrogen) atoms. The molecule has 2 aromatic rings. The Morgan fingerprint density at radius 3 is 0.870 bits per heavy atom. The number of benzene rings is 2. The number of rotatable bonds is 50. The second-order valence-electron chi connectivity index (χ2n) is 21.1. The highest BCUT2D eigenvalue weighted by Crippen LogP contribution is 2.27. The van der Waals surface area contributed by atoms with Crippen LogP contribution in [0.2, 0.25) is 0 Å². The largest absolute Gasteiger partial charge is 0.251 e. The van der Waals surface area contributed by atoms with Gasteiger partial charge in [0.25, 0.3) is 0 Å². The van der Waals surface area contributed by atoms with Crippen LogP contribution in [-0.2, 0) is 12.8 Å². The van der Waals surface area contributed by atoms with Crippen LogP contribution in [0, 0.1) is 0 Å². The van der Waals surface area contributed by atoms with Crippen molar-refractivity contribution in [3.8, 4) is 0 Å². The lowest BCUT2D eigenvalue weighted by Gasteiger charge is -2.14. The van der Waals surface area contributed by atoms with Crippen molar-refractivity contribution in [3.63, 3.8) is 0 Å². The number of aryl methyl sites for hydroxylation is 2. The number of aliphatic imine (C=N–C) groups is 2. The summed E-state index contributed by atoms with van der Waals surface area (Å²) >= 11 is 0. The summed E-state index contributed by atoms with van der Waals surface area (Å²) in [6.45, 7) is 9.24. The summed E-state index contributed by atoms with van der Waals surface area (Å²) in [7, 11) is 0. The zero-order valence-corrected chi connectivity index (χ0v) is 46.6. The zero-order chi connectivity index (χ0) is 49.2. The first kappa shape index (κ1) is 62.4. The Morgan fingerprint density at radius 2 is 0.536 bits per heavy atom. The van der Waals surface area contributed by atoms with E-state index in [-0.39, 0.29) is 0 Å². The first-order chi connectivity index (χ1) is 34.2. The molecular weight excluding hydrogens is 833 g/mol. The second kappa shape index (κ2) is 48.9. The average molecular weight is 948 g/mol. The Bertz CT molecular complexity index is 1530. The van der Waals surface area contributed by atoms with E-state index >= 15 is 0 Å². The maximum absolute atomic E-state index is 5.60. The van der Waals surface area contributed by atoms with Gasteiger partial charge in [0, 0.05) is 0 Å². The van der Waals surface area contributed by atoms with Crippen LogP contribution in [0.15, 0.2) is 82.8 Å². The van der Waals surface area contributed by atoms with Gasteiger partial charge >= 0.3 is 0 Å². The molecule has 0 saturated carbocycles. The highest BCUT2D eigenvalue weighted by Gasteiger charge is 2.13. The molecule has 0 bridgehead atoms. The zero-order valence-electron chi connectivity index (χ0n) is 46.6. The average Bonchev–Trinajstić information content (AvgIpc) is 3.36. The van der Waals surface area contributed by atoms with Gasteiger partial charge in [0.1, 0.15) is 0 Å². The van der Waals surface area contributed by atoms with E-state index in [1.807, 2.05) is 0 Å². The Labute approximate surface area is 431 Å². The summed E-state index contributed by atoms with van der Waals surface area (Å²) in [6, 6.07) is 17.9. The summed E-state index contributed by atoms with van der Waals surface area (Å²) in [4.78, 5) is 11.2. The van der Waals surface area contributed by atoms with Crippen molar-refractivity contribution in [1.82, 2.24) is 0 Å². The lowest BCUT2D eigenvalue weighted by molar-refractivity contribution is 0.536. The van der Waals surface area contributed by atoms with Crippen LogP contribution in [0.25, 0.3) is 0 Å². The Balaban J connectivity index is 1.95. The van der Waals surface area contributed by atoms with Crippen molar-refractivity contribution >= 4 is 22.8 Å². The Kier molecular flexibility index (Phi) is 44.2. The molecule has 0 aromatic heterocycles. The third-order valence-electron chi connectivity index (χ3n) is 14.6. The second-order valence-corrected chi connectivity index (χ2v) is 21.1. The van der Waals surface area contributed by atoms with E-state index in [9.17, 15) is 0 Å². The minimum absolute atomic E-state index is 1.00. The van der Waals surface area contributed by atoms with Crippen molar-refractivity contribution in [2.24, 2.45) is 9.98 Å². The monoisotopic (exact) mass is 947 g/mol. The maximum Gasteiger partial charge on any atom is 0.0665 e. The van der Waals surface area contributed by atoms with Gasteiger partial charge in [-0.25, -0.2) is 0 Å². The van der Waals surface area contributed by atoms with Crippen LogP contribution >= 0.6 is 0 Å². The summed E-state index contributed by atoms with van der Waals surface area (Å²) in [5.41, 5.74) is 7.49. The fraction of sp³-hybridized carbons (Fsp3) is 0.731. The van der Waals surface area contributed by atoms with E-state index < -0.39 is 0 Å². The molecule has 0 amide bonds. The van der Waals surface area contributed by atoms with Crippen molar-refractivity contribution in [3.05, 3.63) is 84.0 Å². The highest BCUT2D eigenvalue weighted by molar-refractivity contribution is 6.43. The number of nitrogens with zero attached hydrogens (tertiary/aromatic N) is 2. The predicted molar refractivity (Wildman–Crippen MR) is 314 cm³/mol. The quantitative estimate of drug-likeness (QED) is 0.0359. The first-order valence-corrected chi connectivity index (χ1v) is 30.8. The number of hydrogen-bond acceptors (Lipinski definition) is 2. The molecule has 0 unspecified atom stereocenters. The minimum atomic E-state index is 1.00. The molecular formula is C67H114N2. The molecule has 0 N–H and O–H groups in total. The fourth-order valence-corrected chi connectivity index (χ4v) is 9.96. The number of unbranched alkanes of at least 4 members (excludes halogenated alkanes) is 35. The Hall–Kier alpha value is -2.74. The van der Waals surface area contributed by atoms with E-state index in [0.29, 0.717) is 0 Å². The molecule has 2 aromatic carbocycles. The van der Waals surface area contributed by atoms with E-state index in [1.165, 1.54) is 273 Å². The van der Waals surface area contributed by atoms with Crippen molar-refractivity contribution in [1.29, 1.82) is 0 Å². The third-order valence-corrected chi connectivity index (χ3v) is 14.6. The van der Waals surface area contributed by atoms with Gasteiger partial charge in [0.2, 0.25) is 0 Å². The highest BCUT2D eigenvalue weighted by atomic mass is 14.8. The minimum Gasteiger partial charge on any atom is -0.251 e. The van der Waals surface area contributed by atoms with Gasteiger partial charge < -0.3 is 0 Å². The molecule has 2 rings (SSSR count). The normalized spacial score (nSPS) is 12.4. The van der Waals surface area contributed by atoms with E-state index in [4.69, 9.17) is 9.98 Å². The molecule has 0 aliphatic heterocycles. The molecule has 0 aliphatic carbocycles. The van der Waals surface area contributed by atoms with Crippen LogP contribution in [0.4, 0.5) is 11.4 Å². The molecule has 2 heteroatoms. The lowest BCUT2D eigenvalue weighted by atomic mass is 9.99. The molecule has 0 spiro atoms. The number of allylic oxidation sites excluding steroid dienone is 4. The number of hydrogen-bond donors (Lipinski definition) is 0. The summed E-state index contributed by atoms with van der Waals surface area (Å²) in [5, 5.41) is 0. The van der Waals surface area contributed by atoms with Crippen molar-refractivity contribution in [2.75, 3.05) is 0 Å². The summed E-state index contributed by atoms with van der Waals surface area (Å²) in [5.74, 6) is 0. The molecule has 392 valence electrons. The SMILES string of the molecule is CCCCCCCCCCCCCCCCC=CCCc1ccccc1N=C(CCCCC)C(CCCCCCCC)=Nc1ccccc1CCC=CCCCCCCCCCCCCCCCC. The van der Waals surface area contributed by atoms with Gasteiger partial charge in [-0.05, 0) is 100 Å². The smallest absolute Gasteiger partial charge is 0.0665 e. The number of para-hydroxylation sites is 2. The van der Waals surface area contributed by atoms with E-state index in [0.717, 1.165) is 49.9 Å². The van der Waals surface area contributed by atoms with Crippen molar-refractivity contribution < 1.29 is 0 Å². The third kappa shape index (κ3) is 36.8. The fourth-order valence-electron chi connectivity index (χ4n) is 9.96. The van der Waals surface area contributed by atoms with Crippen LogP contribution in [0.1, 0.15) is 315 Å². The lowest BCUT2D eigenvalue weighted by Crippen LogP contribution is -2.15. The van der Waals surface area contributed by atoms with Crippen LogP contribution in [0.3, 0.4) is 0 Å². The van der Waals surface area contributed by atoms with Crippen LogP contribution < -0.4 is 0 Å². The topological polar surface area (TPSA) is 24.7 Å². The molecule has 0 fully saturated rings. The maximum atomic E-state index is 5.60. The van der Waals surface area contributed by atoms with Gasteiger partial charge in [-0.3, -0.25) is 9.98 Å². The molecule has 0 radical (unpaired) electrons. The molecule has 0 saturated heterocycles. The molecule has 0 aliphatic rings. The van der Waals surface area contributed by atoms with Gasteiger partial charge in [0.05, 0.1) is 22.8 Å². The Morgan fingerprint density at radius 1 is 0.290 bits per heavy atom. The summed E-state index contributed by atoms with van der Waals surface area (Å²) in [6.07, 6.45) is 69.6. The summed E-state index contributed by atoms with van der Waals surface area (Å²) < 4.78 is 0. The standard InChI is InChI=1S/C67H114N2/c1-5-9-13-16-19-21-23-25-27-29-31-33-35-37-39-41-43-47-54-62-56-50-52-58-64(62)68-66(60-46-12-8-4)67(61-49-45-18-15-11-7-3)69-65-59-53-51-57-63(65)55-48-44-42-40-38-36-34-32-30-28-26-24-22-20-17-14-10-6-2/h41-44,50-53,56-59H,5-40,45-49,54-55,60-61H2,1-4H3.